The van der Waals surface area contributed by atoms with Gasteiger partial charge in [-0.25, -0.2) is 13.1 Å². The molecule has 10 heteroatoms. The van der Waals surface area contributed by atoms with E-state index >= 15 is 0 Å². The smallest absolute Gasteiger partial charge is 0.275 e. The van der Waals surface area contributed by atoms with Crippen molar-refractivity contribution < 1.29 is 13.2 Å². The van der Waals surface area contributed by atoms with Crippen LogP contribution in [0.3, 0.4) is 0 Å². The highest BCUT2D eigenvalue weighted by molar-refractivity contribution is 7.89. The third kappa shape index (κ3) is 4.67. The van der Waals surface area contributed by atoms with Crippen LogP contribution in [-0.4, -0.2) is 64.5 Å². The Morgan fingerprint density at radius 3 is 2.39 bits per heavy atom. The lowest BCUT2D eigenvalue weighted by molar-refractivity contribution is 0.0691. The van der Waals surface area contributed by atoms with Crippen molar-refractivity contribution in [2.24, 2.45) is 0 Å². The number of hydrogen-bond donors (Lipinski definition) is 0. The molecule has 33 heavy (non-hydrogen) atoms. The molecule has 1 aliphatic heterocycles. The topological polar surface area (TPSA) is 105 Å². The summed E-state index contributed by atoms with van der Waals surface area (Å²) < 4.78 is 28.4. The first-order valence-electron chi connectivity index (χ1n) is 11.1. The molecule has 1 aliphatic rings. The number of rotatable bonds is 7. The van der Waals surface area contributed by atoms with Crippen LogP contribution in [0.1, 0.15) is 36.7 Å². The average molecular weight is 470 g/mol. The molecule has 1 aromatic carbocycles. The highest BCUT2D eigenvalue weighted by Gasteiger charge is 2.31. The Morgan fingerprint density at radius 2 is 1.73 bits per heavy atom. The molecule has 1 fully saturated rings. The number of sulfonamides is 1. The summed E-state index contributed by atoms with van der Waals surface area (Å²) in [6.07, 6.45) is 5.64. The first kappa shape index (κ1) is 23.1. The van der Waals surface area contributed by atoms with E-state index in [9.17, 15) is 18.0 Å². The van der Waals surface area contributed by atoms with E-state index < -0.39 is 10.0 Å². The second kappa shape index (κ2) is 9.80. The molecule has 0 unspecified atom stereocenters. The van der Waals surface area contributed by atoms with Crippen molar-refractivity contribution in [1.82, 2.24) is 24.0 Å². The number of piperazine rings is 1. The number of unbranched alkanes of at least 4 members (excludes halogenated alkanes) is 2. The number of amides is 1. The lowest BCUT2D eigenvalue weighted by Crippen LogP contribution is -2.50. The van der Waals surface area contributed by atoms with E-state index in [1.165, 1.54) is 27.4 Å². The normalized spacial score (nSPS) is 15.1. The van der Waals surface area contributed by atoms with Crippen molar-refractivity contribution in [1.29, 1.82) is 0 Å². The Morgan fingerprint density at radius 1 is 1.00 bits per heavy atom. The third-order valence-corrected chi connectivity index (χ3v) is 7.72. The number of aromatic nitrogens is 3. The summed E-state index contributed by atoms with van der Waals surface area (Å²) >= 11 is 0. The van der Waals surface area contributed by atoms with Gasteiger partial charge in [-0.15, -0.1) is 0 Å². The molecule has 174 valence electrons. The van der Waals surface area contributed by atoms with Crippen LogP contribution >= 0.6 is 0 Å². The molecule has 2 aromatic heterocycles. The van der Waals surface area contributed by atoms with Gasteiger partial charge in [0.15, 0.2) is 5.69 Å². The standard InChI is InChI=1S/C23H27N5O4S/c1-2-3-6-12-28-22(29)20-10-5-4-9-19(20)21(25-28)23(30)26-13-15-27(16-14-26)33(31,32)18-8-7-11-24-17-18/h4-5,7-11,17H,2-3,6,12-16H2,1H3. The van der Waals surface area contributed by atoms with Gasteiger partial charge in [0.25, 0.3) is 11.5 Å². The number of hydrogen-bond acceptors (Lipinski definition) is 6. The van der Waals surface area contributed by atoms with E-state index in [-0.39, 0.29) is 48.2 Å². The third-order valence-electron chi connectivity index (χ3n) is 5.84. The Labute approximate surface area is 192 Å². The van der Waals surface area contributed by atoms with Crippen molar-refractivity contribution in [3.63, 3.8) is 0 Å². The number of nitrogens with zero attached hydrogens (tertiary/aromatic N) is 5. The minimum absolute atomic E-state index is 0.136. The zero-order valence-corrected chi connectivity index (χ0v) is 19.4. The van der Waals surface area contributed by atoms with Gasteiger partial charge in [0.1, 0.15) is 4.90 Å². The molecule has 0 saturated carbocycles. The van der Waals surface area contributed by atoms with Crippen molar-refractivity contribution >= 4 is 26.7 Å². The second-order valence-corrected chi connectivity index (χ2v) is 9.95. The van der Waals surface area contributed by atoms with Crippen molar-refractivity contribution in [2.45, 2.75) is 37.6 Å². The molecule has 0 N–H and O–H groups in total. The maximum Gasteiger partial charge on any atom is 0.275 e. The largest absolute Gasteiger partial charge is 0.335 e. The highest BCUT2D eigenvalue weighted by atomic mass is 32.2. The molecule has 0 spiro atoms. The minimum Gasteiger partial charge on any atom is -0.335 e. The van der Waals surface area contributed by atoms with Crippen LogP contribution < -0.4 is 5.56 Å². The van der Waals surface area contributed by atoms with E-state index in [0.29, 0.717) is 17.3 Å². The second-order valence-electron chi connectivity index (χ2n) is 8.01. The Balaban J connectivity index is 1.57. The monoisotopic (exact) mass is 469 g/mol. The van der Waals surface area contributed by atoms with Crippen LogP contribution in [0, 0.1) is 0 Å². The number of fused-ring (bicyclic) bond motifs is 1. The first-order valence-corrected chi connectivity index (χ1v) is 12.6. The number of carbonyl (C=O) groups is 1. The van der Waals surface area contributed by atoms with E-state index in [1.807, 2.05) is 0 Å². The van der Waals surface area contributed by atoms with E-state index in [4.69, 9.17) is 0 Å². The van der Waals surface area contributed by atoms with Crippen molar-refractivity contribution in [2.75, 3.05) is 26.2 Å². The molecule has 0 bridgehead atoms. The molecule has 0 aliphatic carbocycles. The maximum absolute atomic E-state index is 13.4. The van der Waals surface area contributed by atoms with Gasteiger partial charge >= 0.3 is 0 Å². The fourth-order valence-electron chi connectivity index (χ4n) is 3.99. The number of aryl methyl sites for hydroxylation is 1. The van der Waals surface area contributed by atoms with Crippen LogP contribution in [0.15, 0.2) is 58.5 Å². The van der Waals surface area contributed by atoms with Crippen LogP contribution in [-0.2, 0) is 16.6 Å². The van der Waals surface area contributed by atoms with Crippen LogP contribution in [0.25, 0.3) is 10.8 Å². The SMILES string of the molecule is CCCCCn1nc(C(=O)N2CCN(S(=O)(=O)c3cccnc3)CC2)c2ccccc2c1=O. The summed E-state index contributed by atoms with van der Waals surface area (Å²) in [4.78, 5) is 31.9. The molecule has 1 amide bonds. The summed E-state index contributed by atoms with van der Waals surface area (Å²) in [5, 5.41) is 5.42. The molecular weight excluding hydrogens is 442 g/mol. The summed E-state index contributed by atoms with van der Waals surface area (Å²) in [6, 6.07) is 10.1. The highest BCUT2D eigenvalue weighted by Crippen LogP contribution is 2.20. The summed E-state index contributed by atoms with van der Waals surface area (Å²) in [5.41, 5.74) is 0.0240. The van der Waals surface area contributed by atoms with Gasteiger partial charge in [0, 0.05) is 50.5 Å². The van der Waals surface area contributed by atoms with E-state index in [2.05, 4.69) is 17.0 Å². The minimum atomic E-state index is -3.66. The lowest BCUT2D eigenvalue weighted by atomic mass is 10.1. The predicted molar refractivity (Wildman–Crippen MR) is 124 cm³/mol. The average Bonchev–Trinajstić information content (AvgIpc) is 2.86. The molecule has 3 aromatic rings. The Hall–Kier alpha value is -3.11. The molecule has 4 rings (SSSR count). The van der Waals surface area contributed by atoms with Crippen LogP contribution in [0.4, 0.5) is 0 Å². The van der Waals surface area contributed by atoms with Crippen LogP contribution in [0.2, 0.25) is 0 Å². The van der Waals surface area contributed by atoms with Crippen molar-refractivity contribution in [3.05, 3.63) is 64.8 Å². The molecule has 1 saturated heterocycles. The molecule has 9 nitrogen and oxygen atoms in total. The van der Waals surface area contributed by atoms with Gasteiger partial charge < -0.3 is 4.90 Å². The number of benzene rings is 1. The molecule has 3 heterocycles. The summed E-state index contributed by atoms with van der Waals surface area (Å²) in [7, 11) is -3.66. The summed E-state index contributed by atoms with van der Waals surface area (Å²) in [5.74, 6) is -0.297. The van der Waals surface area contributed by atoms with Gasteiger partial charge in [-0.2, -0.15) is 9.40 Å². The predicted octanol–water partition coefficient (Wildman–Crippen LogP) is 2.13. The van der Waals surface area contributed by atoms with Gasteiger partial charge in [-0.1, -0.05) is 38.0 Å². The van der Waals surface area contributed by atoms with E-state index in [1.54, 1.807) is 35.2 Å². The van der Waals surface area contributed by atoms with Gasteiger partial charge in [-0.3, -0.25) is 14.6 Å². The zero-order valence-electron chi connectivity index (χ0n) is 18.6. The van der Waals surface area contributed by atoms with E-state index in [0.717, 1.165) is 19.3 Å². The van der Waals surface area contributed by atoms with Crippen LogP contribution in [0.5, 0.6) is 0 Å². The zero-order chi connectivity index (χ0) is 23.4. The first-order chi connectivity index (χ1) is 15.9. The molecular formula is C23H27N5O4S. The lowest BCUT2D eigenvalue weighted by Gasteiger charge is -2.33. The Bertz CT molecular complexity index is 1300. The quantitative estimate of drug-likeness (QED) is 0.491. The fraction of sp³-hybridized carbons (Fsp3) is 0.391. The van der Waals surface area contributed by atoms with Gasteiger partial charge in [-0.05, 0) is 24.6 Å². The summed E-state index contributed by atoms with van der Waals surface area (Å²) in [6.45, 7) is 3.37. The van der Waals surface area contributed by atoms with Gasteiger partial charge in [0.05, 0.1) is 5.39 Å². The fourth-order valence-corrected chi connectivity index (χ4v) is 5.37. The number of pyridine rings is 1. The number of carbonyl (C=O) groups excluding carboxylic acids is 1. The van der Waals surface area contributed by atoms with Crippen molar-refractivity contribution in [3.8, 4) is 0 Å². The Kier molecular flexibility index (Phi) is 6.85. The maximum atomic E-state index is 13.4. The molecule has 0 radical (unpaired) electrons. The molecule has 0 atom stereocenters. The van der Waals surface area contributed by atoms with Gasteiger partial charge in [0.2, 0.25) is 10.0 Å².